The smallest absolute Gasteiger partial charge is 0.0666 e. The van der Waals surface area contributed by atoms with Gasteiger partial charge in [0.05, 0.1) is 5.69 Å². The number of rotatable bonds is 6. The number of hydrogen-bond acceptors (Lipinski definition) is 3. The summed E-state index contributed by atoms with van der Waals surface area (Å²) < 4.78 is 1.88. The van der Waals surface area contributed by atoms with Crippen LogP contribution in [0, 0.1) is 0 Å². The van der Waals surface area contributed by atoms with Gasteiger partial charge in [0.1, 0.15) is 0 Å². The molecule has 0 bridgehead atoms. The fourth-order valence-corrected chi connectivity index (χ4v) is 2.01. The van der Waals surface area contributed by atoms with Gasteiger partial charge in [-0.25, -0.2) is 0 Å². The first-order valence-electron chi connectivity index (χ1n) is 6.41. The fraction of sp³-hybridized carbons (Fsp3) is 0.429. The molecule has 0 unspecified atom stereocenters. The average molecular weight is 244 g/mol. The van der Waals surface area contributed by atoms with Gasteiger partial charge >= 0.3 is 0 Å². The highest BCUT2D eigenvalue weighted by atomic mass is 15.3. The number of aryl methyl sites for hydroxylation is 2. The molecule has 0 amide bonds. The third-order valence-electron chi connectivity index (χ3n) is 2.93. The number of hydrogen-bond donors (Lipinski definition) is 1. The van der Waals surface area contributed by atoms with Crippen molar-refractivity contribution in [1.82, 2.24) is 20.1 Å². The summed E-state index contributed by atoms with van der Waals surface area (Å²) in [6.45, 7) is 3.96. The largest absolute Gasteiger partial charge is 0.312 e. The lowest BCUT2D eigenvalue weighted by atomic mass is 10.2. The van der Waals surface area contributed by atoms with Crippen molar-refractivity contribution < 1.29 is 0 Å². The lowest BCUT2D eigenvalue weighted by Crippen LogP contribution is -2.17. The summed E-state index contributed by atoms with van der Waals surface area (Å²) in [6, 6.07) is 6.03. The molecular formula is C14H20N4. The predicted octanol–water partition coefficient (Wildman–Crippen LogP) is 1.71. The highest BCUT2D eigenvalue weighted by Gasteiger charge is 2.04. The topological polar surface area (TPSA) is 42.7 Å². The van der Waals surface area contributed by atoms with Crippen molar-refractivity contribution in [2.24, 2.45) is 7.05 Å². The molecule has 0 fully saturated rings. The molecule has 0 aliphatic rings. The van der Waals surface area contributed by atoms with Gasteiger partial charge < -0.3 is 5.32 Å². The molecule has 0 radical (unpaired) electrons. The molecule has 0 atom stereocenters. The lowest BCUT2D eigenvalue weighted by Gasteiger charge is -2.04. The fourth-order valence-electron chi connectivity index (χ4n) is 2.01. The van der Waals surface area contributed by atoms with Crippen molar-refractivity contribution in [3.63, 3.8) is 0 Å². The Morgan fingerprint density at radius 1 is 1.33 bits per heavy atom. The third-order valence-corrected chi connectivity index (χ3v) is 2.93. The van der Waals surface area contributed by atoms with E-state index < -0.39 is 0 Å². The molecule has 1 N–H and O–H groups in total. The summed E-state index contributed by atoms with van der Waals surface area (Å²) in [5.41, 5.74) is 3.61. The molecule has 4 heteroatoms. The predicted molar refractivity (Wildman–Crippen MR) is 72.2 cm³/mol. The Kier molecular flexibility index (Phi) is 4.47. The van der Waals surface area contributed by atoms with Crippen LogP contribution in [0.5, 0.6) is 0 Å². The van der Waals surface area contributed by atoms with E-state index in [0.29, 0.717) is 0 Å². The van der Waals surface area contributed by atoms with E-state index in [1.807, 2.05) is 30.1 Å². The van der Waals surface area contributed by atoms with Crippen LogP contribution >= 0.6 is 0 Å². The zero-order valence-corrected chi connectivity index (χ0v) is 11.1. The zero-order chi connectivity index (χ0) is 12.8. The Bertz CT molecular complexity index is 476. The molecule has 2 rings (SSSR count). The minimum Gasteiger partial charge on any atom is -0.312 e. The van der Waals surface area contributed by atoms with Crippen LogP contribution in [0.3, 0.4) is 0 Å². The quantitative estimate of drug-likeness (QED) is 0.787. The molecule has 0 aliphatic heterocycles. The molecular weight excluding hydrogens is 224 g/mol. The summed E-state index contributed by atoms with van der Waals surface area (Å²) in [5.74, 6) is 0. The summed E-state index contributed by atoms with van der Waals surface area (Å²) >= 11 is 0. The van der Waals surface area contributed by atoms with Crippen LogP contribution in [-0.4, -0.2) is 21.3 Å². The number of pyridine rings is 1. The SMILES string of the molecule is CCc1nn(C)cc1CNCCc1ccccn1. The van der Waals surface area contributed by atoms with Crippen molar-refractivity contribution in [1.29, 1.82) is 0 Å². The first-order valence-corrected chi connectivity index (χ1v) is 6.41. The molecule has 0 saturated carbocycles. The molecule has 4 nitrogen and oxygen atoms in total. The third kappa shape index (κ3) is 3.40. The molecule has 96 valence electrons. The van der Waals surface area contributed by atoms with E-state index in [1.54, 1.807) is 0 Å². The van der Waals surface area contributed by atoms with E-state index in [0.717, 1.165) is 31.6 Å². The van der Waals surface area contributed by atoms with Gasteiger partial charge in [-0.05, 0) is 18.6 Å². The second kappa shape index (κ2) is 6.31. The Labute approximate surface area is 108 Å². The monoisotopic (exact) mass is 244 g/mol. The number of nitrogens with zero attached hydrogens (tertiary/aromatic N) is 3. The van der Waals surface area contributed by atoms with Crippen molar-refractivity contribution in [3.8, 4) is 0 Å². The number of aromatic nitrogens is 3. The normalized spacial score (nSPS) is 10.8. The summed E-state index contributed by atoms with van der Waals surface area (Å²) in [7, 11) is 1.97. The first kappa shape index (κ1) is 12.8. The molecule has 0 aliphatic carbocycles. The Hall–Kier alpha value is -1.68. The van der Waals surface area contributed by atoms with Crippen molar-refractivity contribution in [2.75, 3.05) is 6.54 Å². The van der Waals surface area contributed by atoms with Crippen LogP contribution in [0.1, 0.15) is 23.9 Å². The van der Waals surface area contributed by atoms with Gasteiger partial charge in [0.2, 0.25) is 0 Å². The van der Waals surface area contributed by atoms with Gasteiger partial charge in [-0.2, -0.15) is 5.10 Å². The van der Waals surface area contributed by atoms with Gasteiger partial charge in [-0.3, -0.25) is 9.67 Å². The maximum atomic E-state index is 4.43. The maximum absolute atomic E-state index is 4.43. The second-order valence-corrected chi connectivity index (χ2v) is 4.38. The van der Waals surface area contributed by atoms with Crippen molar-refractivity contribution in [3.05, 3.63) is 47.5 Å². The van der Waals surface area contributed by atoms with Gasteiger partial charge in [0, 0.05) is 50.2 Å². The average Bonchev–Trinajstić information content (AvgIpc) is 2.76. The molecule has 0 spiro atoms. The highest BCUT2D eigenvalue weighted by molar-refractivity contribution is 5.16. The summed E-state index contributed by atoms with van der Waals surface area (Å²) in [6.07, 6.45) is 5.87. The first-order chi connectivity index (χ1) is 8.79. The Morgan fingerprint density at radius 2 is 2.22 bits per heavy atom. The van der Waals surface area contributed by atoms with E-state index in [-0.39, 0.29) is 0 Å². The van der Waals surface area contributed by atoms with E-state index in [2.05, 4.69) is 34.6 Å². The molecule has 2 heterocycles. The van der Waals surface area contributed by atoms with Crippen molar-refractivity contribution in [2.45, 2.75) is 26.3 Å². The Balaban J connectivity index is 1.78. The van der Waals surface area contributed by atoms with Gasteiger partial charge in [-0.15, -0.1) is 0 Å². The molecule has 2 aromatic rings. The standard InChI is InChI=1S/C14H20N4/c1-3-14-12(11-18(2)17-14)10-15-9-7-13-6-4-5-8-16-13/h4-6,8,11,15H,3,7,9-10H2,1-2H3. The molecule has 0 saturated heterocycles. The van der Waals surface area contributed by atoms with Crippen LogP contribution in [0.4, 0.5) is 0 Å². The zero-order valence-electron chi connectivity index (χ0n) is 11.1. The summed E-state index contributed by atoms with van der Waals surface area (Å²) in [4.78, 5) is 4.30. The van der Waals surface area contributed by atoms with Crippen LogP contribution in [0.15, 0.2) is 30.6 Å². The molecule has 18 heavy (non-hydrogen) atoms. The Morgan fingerprint density at radius 3 is 2.94 bits per heavy atom. The highest BCUT2D eigenvalue weighted by Crippen LogP contribution is 2.06. The minimum atomic E-state index is 0.879. The lowest BCUT2D eigenvalue weighted by molar-refractivity contribution is 0.676. The molecule has 2 aromatic heterocycles. The van der Waals surface area contributed by atoms with Gasteiger partial charge in [0.15, 0.2) is 0 Å². The van der Waals surface area contributed by atoms with E-state index in [9.17, 15) is 0 Å². The van der Waals surface area contributed by atoms with Gasteiger partial charge in [0.25, 0.3) is 0 Å². The maximum Gasteiger partial charge on any atom is 0.0666 e. The van der Waals surface area contributed by atoms with Crippen LogP contribution in [0.25, 0.3) is 0 Å². The van der Waals surface area contributed by atoms with Crippen LogP contribution < -0.4 is 5.32 Å². The van der Waals surface area contributed by atoms with E-state index >= 15 is 0 Å². The number of nitrogens with one attached hydrogen (secondary N) is 1. The molecule has 0 aromatic carbocycles. The van der Waals surface area contributed by atoms with E-state index in [1.165, 1.54) is 11.3 Å². The van der Waals surface area contributed by atoms with Crippen LogP contribution in [-0.2, 0) is 26.4 Å². The second-order valence-electron chi connectivity index (χ2n) is 4.38. The minimum absolute atomic E-state index is 0.879. The van der Waals surface area contributed by atoms with Crippen LogP contribution in [0.2, 0.25) is 0 Å². The van der Waals surface area contributed by atoms with Crippen molar-refractivity contribution >= 4 is 0 Å². The van der Waals surface area contributed by atoms with Gasteiger partial charge in [-0.1, -0.05) is 13.0 Å². The van der Waals surface area contributed by atoms with E-state index in [4.69, 9.17) is 0 Å². The summed E-state index contributed by atoms with van der Waals surface area (Å²) in [5, 5.41) is 7.88.